The lowest BCUT2D eigenvalue weighted by atomic mass is 9.87. The summed E-state index contributed by atoms with van der Waals surface area (Å²) in [7, 11) is 2.14. The Hall–Kier alpha value is -2.07. The number of rotatable bonds is 4. The fourth-order valence-electron chi connectivity index (χ4n) is 3.91. The molecule has 3 aromatic rings. The zero-order valence-electron chi connectivity index (χ0n) is 15.7. The van der Waals surface area contributed by atoms with E-state index in [0.717, 1.165) is 4.90 Å². The Balaban J connectivity index is 1.70. The van der Waals surface area contributed by atoms with E-state index < -0.39 is 0 Å². The van der Waals surface area contributed by atoms with Gasteiger partial charge in [0.1, 0.15) is 5.78 Å². The summed E-state index contributed by atoms with van der Waals surface area (Å²) in [6.45, 7) is 0. The molecule has 4 heteroatoms. The van der Waals surface area contributed by atoms with Crippen molar-refractivity contribution in [2.45, 2.75) is 28.6 Å². The Morgan fingerprint density at radius 3 is 2.04 bits per heavy atom. The highest BCUT2D eigenvalue weighted by Crippen LogP contribution is 2.45. The Bertz CT molecular complexity index is 930. The van der Waals surface area contributed by atoms with Gasteiger partial charge in [-0.1, -0.05) is 72.3 Å². The summed E-state index contributed by atoms with van der Waals surface area (Å²) in [5, 5.41) is 0.550. The number of nitrogens with zero attached hydrogens (tertiary/aromatic N) is 1. The Morgan fingerprint density at radius 1 is 0.857 bits per heavy atom. The molecule has 3 unspecified atom stereocenters. The lowest BCUT2D eigenvalue weighted by Crippen LogP contribution is -2.45. The van der Waals surface area contributed by atoms with E-state index in [1.54, 1.807) is 11.8 Å². The van der Waals surface area contributed by atoms with E-state index in [1.165, 1.54) is 11.1 Å². The van der Waals surface area contributed by atoms with Crippen molar-refractivity contribution in [3.05, 3.63) is 101 Å². The third kappa shape index (κ3) is 4.02. The maximum atomic E-state index is 13.3. The van der Waals surface area contributed by atoms with E-state index in [4.69, 9.17) is 11.6 Å². The average Bonchev–Trinajstić information content (AvgIpc) is 2.73. The number of halogens is 1. The van der Waals surface area contributed by atoms with E-state index in [0.29, 0.717) is 17.2 Å². The molecule has 0 spiro atoms. The molecular formula is C24H22ClNOS. The van der Waals surface area contributed by atoms with Crippen LogP contribution in [0.5, 0.6) is 0 Å². The zero-order valence-corrected chi connectivity index (χ0v) is 17.2. The van der Waals surface area contributed by atoms with Crippen molar-refractivity contribution in [3.63, 3.8) is 0 Å². The van der Waals surface area contributed by atoms with Crippen molar-refractivity contribution in [2.24, 2.45) is 0 Å². The molecule has 0 bridgehead atoms. The second-order valence-electron chi connectivity index (χ2n) is 7.11. The van der Waals surface area contributed by atoms with Crippen LogP contribution in [0.3, 0.4) is 0 Å². The monoisotopic (exact) mass is 407 g/mol. The predicted molar refractivity (Wildman–Crippen MR) is 117 cm³/mol. The number of hydrogen-bond donors (Lipinski definition) is 0. The Morgan fingerprint density at radius 2 is 1.43 bits per heavy atom. The molecule has 1 saturated heterocycles. The Kier molecular flexibility index (Phi) is 5.86. The summed E-state index contributed by atoms with van der Waals surface area (Å²) in [5.41, 5.74) is 2.36. The normalized spacial score (nSPS) is 22.9. The van der Waals surface area contributed by atoms with Gasteiger partial charge in [0.2, 0.25) is 0 Å². The molecule has 4 rings (SSSR count). The van der Waals surface area contributed by atoms with Gasteiger partial charge in [0.25, 0.3) is 0 Å². The maximum Gasteiger partial charge on any atom is 0.150 e. The standard InChI is InChI=1S/C24H22ClNOS/c1-26-21(17-8-4-2-5-9-17)16-22(27)24(23(26)18-10-6-3-7-11-18)28-20-14-12-19(25)13-15-20/h2-15,21,23-24H,16H2,1H3. The first kappa shape index (κ1) is 19.3. The number of Topliss-reactive ketones (excluding diaryl/α,β-unsaturated/α-hetero) is 1. The van der Waals surface area contributed by atoms with Crippen LogP contribution >= 0.6 is 23.4 Å². The third-order valence-electron chi connectivity index (χ3n) is 5.33. The Labute approximate surface area is 175 Å². The number of benzene rings is 3. The molecule has 28 heavy (non-hydrogen) atoms. The topological polar surface area (TPSA) is 20.3 Å². The van der Waals surface area contributed by atoms with Crippen LogP contribution in [0.1, 0.15) is 29.6 Å². The maximum absolute atomic E-state index is 13.3. The number of thioether (sulfide) groups is 1. The van der Waals surface area contributed by atoms with Crippen LogP contribution in [0, 0.1) is 0 Å². The van der Waals surface area contributed by atoms with E-state index in [1.807, 2.05) is 60.7 Å². The number of likely N-dealkylation sites (tertiary alicyclic amines) is 1. The van der Waals surface area contributed by atoms with Gasteiger partial charge in [-0.3, -0.25) is 9.69 Å². The van der Waals surface area contributed by atoms with Crippen molar-refractivity contribution in [1.82, 2.24) is 4.90 Å². The predicted octanol–water partition coefficient (Wildman–Crippen LogP) is 6.19. The minimum atomic E-state index is -0.159. The lowest BCUT2D eigenvalue weighted by Gasteiger charge is -2.43. The molecule has 3 aromatic carbocycles. The summed E-state index contributed by atoms with van der Waals surface area (Å²) >= 11 is 7.67. The van der Waals surface area contributed by atoms with Gasteiger partial charge >= 0.3 is 0 Å². The first-order chi connectivity index (χ1) is 13.6. The van der Waals surface area contributed by atoms with E-state index >= 15 is 0 Å². The zero-order chi connectivity index (χ0) is 19.5. The summed E-state index contributed by atoms with van der Waals surface area (Å²) < 4.78 is 0. The van der Waals surface area contributed by atoms with Crippen molar-refractivity contribution in [2.75, 3.05) is 7.05 Å². The van der Waals surface area contributed by atoms with Gasteiger partial charge in [-0.05, 0) is 42.4 Å². The highest BCUT2D eigenvalue weighted by Gasteiger charge is 2.42. The van der Waals surface area contributed by atoms with Gasteiger partial charge in [0.15, 0.2) is 0 Å². The summed E-state index contributed by atoms with van der Waals surface area (Å²) in [6, 6.07) is 28.5. The third-order valence-corrected chi connectivity index (χ3v) is 6.90. The number of carbonyl (C=O) groups is 1. The highest BCUT2D eigenvalue weighted by molar-refractivity contribution is 8.00. The fourth-order valence-corrected chi connectivity index (χ4v) is 5.33. The summed E-state index contributed by atoms with van der Waals surface area (Å²) in [6.07, 6.45) is 0.523. The number of ketones is 1. The smallest absolute Gasteiger partial charge is 0.150 e. The quantitative estimate of drug-likeness (QED) is 0.514. The van der Waals surface area contributed by atoms with Crippen LogP contribution < -0.4 is 0 Å². The highest BCUT2D eigenvalue weighted by atomic mass is 35.5. The molecule has 0 amide bonds. The van der Waals surface area contributed by atoms with Gasteiger partial charge in [-0.2, -0.15) is 0 Å². The molecular weight excluding hydrogens is 386 g/mol. The second kappa shape index (κ2) is 8.52. The molecule has 0 aliphatic carbocycles. The molecule has 1 aliphatic rings. The van der Waals surface area contributed by atoms with Gasteiger partial charge in [0, 0.05) is 22.4 Å². The minimum Gasteiger partial charge on any atom is -0.298 e. The van der Waals surface area contributed by atoms with Crippen LogP contribution in [0.4, 0.5) is 0 Å². The van der Waals surface area contributed by atoms with E-state index in [2.05, 4.69) is 36.2 Å². The molecule has 0 aromatic heterocycles. The molecule has 1 aliphatic heterocycles. The summed E-state index contributed by atoms with van der Waals surface area (Å²) in [5.74, 6) is 0.292. The first-order valence-corrected chi connectivity index (χ1v) is 10.7. The van der Waals surface area contributed by atoms with Crippen LogP contribution in [0.15, 0.2) is 89.8 Å². The molecule has 0 radical (unpaired) electrons. The van der Waals surface area contributed by atoms with Crippen LogP contribution in [0.2, 0.25) is 5.02 Å². The molecule has 3 atom stereocenters. The van der Waals surface area contributed by atoms with Crippen LogP contribution in [-0.4, -0.2) is 23.0 Å². The van der Waals surface area contributed by atoms with Crippen LogP contribution in [-0.2, 0) is 4.79 Å². The molecule has 0 N–H and O–H groups in total. The summed E-state index contributed by atoms with van der Waals surface area (Å²) in [4.78, 5) is 16.7. The number of piperidine rings is 1. The largest absolute Gasteiger partial charge is 0.298 e. The van der Waals surface area contributed by atoms with Crippen LogP contribution in [0.25, 0.3) is 0 Å². The van der Waals surface area contributed by atoms with Gasteiger partial charge in [0.05, 0.1) is 11.3 Å². The number of carbonyl (C=O) groups excluding carboxylic acids is 1. The molecule has 1 fully saturated rings. The SMILES string of the molecule is CN1C(c2ccccc2)CC(=O)C(Sc2ccc(Cl)cc2)C1c1ccccc1. The minimum absolute atomic E-state index is 0.00772. The van der Waals surface area contributed by atoms with Crippen molar-refractivity contribution < 1.29 is 4.79 Å². The molecule has 0 saturated carbocycles. The second-order valence-corrected chi connectivity index (χ2v) is 8.76. The lowest BCUT2D eigenvalue weighted by molar-refractivity contribution is -0.124. The van der Waals surface area contributed by atoms with Crippen molar-refractivity contribution in [1.29, 1.82) is 0 Å². The van der Waals surface area contributed by atoms with Gasteiger partial charge in [-0.15, -0.1) is 11.8 Å². The fraction of sp³-hybridized carbons (Fsp3) is 0.208. The van der Waals surface area contributed by atoms with E-state index in [-0.39, 0.29) is 17.3 Å². The number of hydrogen-bond acceptors (Lipinski definition) is 3. The average molecular weight is 408 g/mol. The first-order valence-electron chi connectivity index (χ1n) is 9.40. The van der Waals surface area contributed by atoms with E-state index in [9.17, 15) is 4.79 Å². The van der Waals surface area contributed by atoms with Crippen molar-refractivity contribution >= 4 is 29.1 Å². The van der Waals surface area contributed by atoms with Crippen molar-refractivity contribution in [3.8, 4) is 0 Å². The molecule has 2 nitrogen and oxygen atoms in total. The van der Waals surface area contributed by atoms with Gasteiger partial charge < -0.3 is 0 Å². The van der Waals surface area contributed by atoms with Gasteiger partial charge in [-0.25, -0.2) is 0 Å². The molecule has 142 valence electrons. The molecule has 1 heterocycles.